The topological polar surface area (TPSA) is 84.7 Å². The minimum absolute atomic E-state index is 0.0918. The summed E-state index contributed by atoms with van der Waals surface area (Å²) in [5.74, 6) is 0.412. The van der Waals surface area contributed by atoms with E-state index in [1.807, 2.05) is 17.9 Å². The summed E-state index contributed by atoms with van der Waals surface area (Å²) in [7, 11) is -1.93. The molecule has 1 aliphatic heterocycles. The van der Waals surface area contributed by atoms with Crippen LogP contribution in [0.3, 0.4) is 0 Å². The predicted octanol–water partition coefficient (Wildman–Crippen LogP) is 3.52. The van der Waals surface area contributed by atoms with E-state index < -0.39 is 10.0 Å². The number of unbranched alkanes of at least 4 members (excludes halogenated alkanes) is 1. The smallest absolute Gasteiger partial charge is 0.242 e. The van der Waals surface area contributed by atoms with Crippen LogP contribution in [0.5, 0.6) is 0 Å². The third-order valence-electron chi connectivity index (χ3n) is 6.54. The average molecular weight is 495 g/mol. The van der Waals surface area contributed by atoms with Crippen LogP contribution in [0.25, 0.3) is 11.0 Å². The van der Waals surface area contributed by atoms with Gasteiger partial charge in [-0.05, 0) is 37.5 Å². The zero-order chi connectivity index (χ0) is 23.4. The van der Waals surface area contributed by atoms with Gasteiger partial charge in [0, 0.05) is 32.7 Å². The van der Waals surface area contributed by atoms with Gasteiger partial charge < -0.3 is 14.2 Å². The van der Waals surface area contributed by atoms with Gasteiger partial charge in [-0.15, -0.1) is 0 Å². The van der Waals surface area contributed by atoms with E-state index in [4.69, 9.17) is 9.72 Å². The highest BCUT2D eigenvalue weighted by Crippen LogP contribution is 2.37. The Hall–Kier alpha value is -1.62. The first kappa shape index (κ1) is 24.5. The predicted molar refractivity (Wildman–Crippen MR) is 130 cm³/mol. The van der Waals surface area contributed by atoms with Crippen molar-refractivity contribution in [2.24, 2.45) is 0 Å². The number of rotatable bonds is 9. The summed E-state index contributed by atoms with van der Waals surface area (Å²) in [6.45, 7) is 4.97. The van der Waals surface area contributed by atoms with Crippen LogP contribution in [-0.4, -0.2) is 78.7 Å². The molecular formula is C23H34N4O4S2. The fraction of sp³-hybridized carbons (Fsp3) is 0.652. The quantitative estimate of drug-likeness (QED) is 0.496. The molecule has 4 rings (SSSR count). The number of fused-ring (bicyclic) bond motifs is 1. The lowest BCUT2D eigenvalue weighted by Crippen LogP contribution is -2.41. The monoisotopic (exact) mass is 494 g/mol. The standard InChI is InChI=1S/C23H34N4O4S2/c1-3-4-11-25(2)33(29,30)19-9-10-21-20(16-19)24-23(27(21)18-7-5-6-8-18)32-17-22(28)26-12-14-31-15-13-26/h9-10,16,18H,3-8,11-15,17H2,1-2H3. The lowest BCUT2D eigenvalue weighted by atomic mass is 10.2. The van der Waals surface area contributed by atoms with E-state index >= 15 is 0 Å². The lowest BCUT2D eigenvalue weighted by molar-refractivity contribution is -0.132. The number of ether oxygens (including phenoxy) is 1. The Morgan fingerprint density at radius 2 is 1.97 bits per heavy atom. The first-order chi connectivity index (χ1) is 15.9. The van der Waals surface area contributed by atoms with Crippen molar-refractivity contribution in [2.75, 3.05) is 45.6 Å². The Balaban J connectivity index is 1.61. The second-order valence-electron chi connectivity index (χ2n) is 8.82. The molecule has 1 aromatic heterocycles. The summed E-state index contributed by atoms with van der Waals surface area (Å²) in [6, 6.07) is 5.60. The Labute approximate surface area is 200 Å². The molecule has 2 aromatic rings. The Morgan fingerprint density at radius 3 is 2.67 bits per heavy atom. The molecule has 1 amide bonds. The molecule has 0 spiro atoms. The number of hydrogen-bond acceptors (Lipinski definition) is 6. The van der Waals surface area contributed by atoms with E-state index in [9.17, 15) is 13.2 Å². The zero-order valence-electron chi connectivity index (χ0n) is 19.5. The fourth-order valence-corrected chi connectivity index (χ4v) is 6.76. The van der Waals surface area contributed by atoms with Gasteiger partial charge in [-0.3, -0.25) is 4.79 Å². The molecule has 1 saturated heterocycles. The van der Waals surface area contributed by atoms with Gasteiger partial charge in [0.1, 0.15) is 0 Å². The van der Waals surface area contributed by atoms with E-state index in [0.717, 1.165) is 36.4 Å². The van der Waals surface area contributed by atoms with Gasteiger partial charge in [-0.25, -0.2) is 17.7 Å². The van der Waals surface area contributed by atoms with E-state index in [0.29, 0.717) is 50.2 Å². The van der Waals surface area contributed by atoms with Crippen molar-refractivity contribution in [1.29, 1.82) is 0 Å². The molecule has 1 aromatic carbocycles. The molecule has 2 aliphatic rings. The van der Waals surface area contributed by atoms with E-state index in [1.165, 1.54) is 28.9 Å². The van der Waals surface area contributed by atoms with Crippen molar-refractivity contribution in [1.82, 2.24) is 18.8 Å². The van der Waals surface area contributed by atoms with Crippen molar-refractivity contribution in [3.05, 3.63) is 18.2 Å². The normalized spacial score (nSPS) is 18.0. The number of carbonyl (C=O) groups excluding carboxylic acids is 1. The van der Waals surface area contributed by atoms with Crippen molar-refractivity contribution in [3.8, 4) is 0 Å². The summed E-state index contributed by atoms with van der Waals surface area (Å²) >= 11 is 1.45. The summed E-state index contributed by atoms with van der Waals surface area (Å²) in [6.07, 6.45) is 6.28. The van der Waals surface area contributed by atoms with Gasteiger partial charge in [0.05, 0.1) is 34.9 Å². The number of carbonyl (C=O) groups is 1. The third-order valence-corrected chi connectivity index (χ3v) is 9.33. The van der Waals surface area contributed by atoms with Gasteiger partial charge in [0.25, 0.3) is 0 Å². The molecule has 33 heavy (non-hydrogen) atoms. The molecular weight excluding hydrogens is 460 g/mol. The number of thioether (sulfide) groups is 1. The Kier molecular flexibility index (Phi) is 7.99. The molecule has 1 saturated carbocycles. The first-order valence-electron chi connectivity index (χ1n) is 11.9. The first-order valence-corrected chi connectivity index (χ1v) is 14.3. The Bertz CT molecular complexity index is 1070. The van der Waals surface area contributed by atoms with Crippen LogP contribution in [0.4, 0.5) is 0 Å². The largest absolute Gasteiger partial charge is 0.378 e. The van der Waals surface area contributed by atoms with Crippen LogP contribution in [0, 0.1) is 0 Å². The molecule has 0 N–H and O–H groups in total. The number of amides is 1. The van der Waals surface area contributed by atoms with E-state index in [1.54, 1.807) is 19.2 Å². The summed E-state index contributed by atoms with van der Waals surface area (Å²) in [5, 5.41) is 0.799. The molecule has 0 bridgehead atoms. The molecule has 0 radical (unpaired) electrons. The van der Waals surface area contributed by atoms with Crippen molar-refractivity contribution in [3.63, 3.8) is 0 Å². The van der Waals surface area contributed by atoms with Crippen molar-refractivity contribution >= 4 is 38.7 Å². The zero-order valence-corrected chi connectivity index (χ0v) is 21.2. The van der Waals surface area contributed by atoms with Crippen LogP contribution in [0.2, 0.25) is 0 Å². The maximum absolute atomic E-state index is 13.0. The van der Waals surface area contributed by atoms with Crippen molar-refractivity contribution < 1.29 is 17.9 Å². The number of imidazole rings is 1. The van der Waals surface area contributed by atoms with Gasteiger partial charge in [-0.1, -0.05) is 37.9 Å². The number of sulfonamides is 1. The summed E-state index contributed by atoms with van der Waals surface area (Å²) < 4.78 is 35.1. The molecule has 0 unspecified atom stereocenters. The molecule has 10 heteroatoms. The van der Waals surface area contributed by atoms with E-state index in [-0.39, 0.29) is 10.8 Å². The average Bonchev–Trinajstić information content (AvgIpc) is 3.48. The van der Waals surface area contributed by atoms with Crippen LogP contribution in [-0.2, 0) is 19.6 Å². The second kappa shape index (κ2) is 10.8. The summed E-state index contributed by atoms with van der Waals surface area (Å²) in [4.78, 5) is 19.6. The highest BCUT2D eigenvalue weighted by atomic mass is 32.2. The number of hydrogen-bond donors (Lipinski definition) is 0. The van der Waals surface area contributed by atoms with Crippen LogP contribution in [0.1, 0.15) is 51.5 Å². The molecule has 0 atom stereocenters. The number of nitrogens with zero attached hydrogens (tertiary/aromatic N) is 4. The minimum Gasteiger partial charge on any atom is -0.378 e. The second-order valence-corrected chi connectivity index (χ2v) is 11.8. The number of morpholine rings is 1. The van der Waals surface area contributed by atoms with Crippen molar-refractivity contribution in [2.45, 2.75) is 61.5 Å². The fourth-order valence-electron chi connectivity index (χ4n) is 4.55. The Morgan fingerprint density at radius 1 is 1.24 bits per heavy atom. The highest BCUT2D eigenvalue weighted by molar-refractivity contribution is 7.99. The number of aromatic nitrogens is 2. The van der Waals surface area contributed by atoms with Crippen LogP contribution >= 0.6 is 11.8 Å². The number of benzene rings is 1. The molecule has 8 nitrogen and oxygen atoms in total. The summed E-state index contributed by atoms with van der Waals surface area (Å²) in [5.41, 5.74) is 1.62. The van der Waals surface area contributed by atoms with E-state index in [2.05, 4.69) is 4.57 Å². The van der Waals surface area contributed by atoms with Gasteiger partial charge in [0.15, 0.2) is 5.16 Å². The molecule has 2 fully saturated rings. The minimum atomic E-state index is -3.56. The highest BCUT2D eigenvalue weighted by Gasteiger charge is 2.26. The molecule has 1 aliphatic carbocycles. The van der Waals surface area contributed by atoms with Crippen LogP contribution < -0.4 is 0 Å². The maximum Gasteiger partial charge on any atom is 0.242 e. The van der Waals surface area contributed by atoms with Gasteiger partial charge >= 0.3 is 0 Å². The van der Waals surface area contributed by atoms with Gasteiger partial charge in [-0.2, -0.15) is 0 Å². The lowest BCUT2D eigenvalue weighted by Gasteiger charge is -2.26. The van der Waals surface area contributed by atoms with Crippen LogP contribution in [0.15, 0.2) is 28.3 Å². The van der Waals surface area contributed by atoms with Gasteiger partial charge in [0.2, 0.25) is 15.9 Å². The third kappa shape index (κ3) is 5.39. The molecule has 182 valence electrons. The maximum atomic E-state index is 13.0. The SMILES string of the molecule is CCCCN(C)S(=O)(=O)c1ccc2c(c1)nc(SCC(=O)N1CCOCC1)n2C1CCCC1. The molecule has 2 heterocycles.